The predicted octanol–water partition coefficient (Wildman–Crippen LogP) is 2.63. The van der Waals surface area contributed by atoms with Gasteiger partial charge >= 0.3 is 0 Å². The summed E-state index contributed by atoms with van der Waals surface area (Å²) in [4.78, 5) is 15.9. The van der Waals surface area contributed by atoms with E-state index in [2.05, 4.69) is 4.98 Å². The Morgan fingerprint density at radius 2 is 2.00 bits per heavy atom. The van der Waals surface area contributed by atoms with Crippen LogP contribution in [-0.4, -0.2) is 15.0 Å². The van der Waals surface area contributed by atoms with E-state index in [4.69, 9.17) is 5.11 Å². The lowest BCUT2D eigenvalue weighted by Crippen LogP contribution is -1.93. The van der Waals surface area contributed by atoms with Gasteiger partial charge in [-0.2, -0.15) is 0 Å². The molecule has 0 radical (unpaired) electrons. The molecule has 1 N–H and O–H groups in total. The summed E-state index contributed by atoms with van der Waals surface area (Å²) in [7, 11) is 0. The molecule has 0 fully saturated rings. The topological polar surface area (TPSA) is 76.3 Å². The highest BCUT2D eigenvalue weighted by molar-refractivity contribution is 7.99. The van der Waals surface area contributed by atoms with Gasteiger partial charge in [-0.05, 0) is 23.8 Å². The lowest BCUT2D eigenvalue weighted by atomic mass is 10.2. The third-order valence-corrected chi connectivity index (χ3v) is 3.35. The van der Waals surface area contributed by atoms with Gasteiger partial charge < -0.3 is 5.11 Å². The number of hydrogen-bond acceptors (Lipinski definition) is 5. The zero-order chi connectivity index (χ0) is 13.0. The Bertz CT molecular complexity index is 561. The van der Waals surface area contributed by atoms with Crippen LogP contribution in [0.3, 0.4) is 0 Å². The minimum absolute atomic E-state index is 0.00311. The molecule has 1 aromatic heterocycles. The SMILES string of the molecule is O=[N+]([O-])c1cc(CO)ccc1Sc1ccncc1. The average molecular weight is 262 g/mol. The Labute approximate surface area is 108 Å². The van der Waals surface area contributed by atoms with E-state index in [9.17, 15) is 10.1 Å². The van der Waals surface area contributed by atoms with Gasteiger partial charge in [-0.3, -0.25) is 15.1 Å². The van der Waals surface area contributed by atoms with Crippen LogP contribution in [0.1, 0.15) is 5.56 Å². The maximum atomic E-state index is 11.0. The Morgan fingerprint density at radius 1 is 1.28 bits per heavy atom. The van der Waals surface area contributed by atoms with Crippen molar-refractivity contribution in [3.8, 4) is 0 Å². The molecule has 2 rings (SSSR count). The van der Waals surface area contributed by atoms with E-state index in [1.165, 1.54) is 17.8 Å². The van der Waals surface area contributed by atoms with Crippen LogP contribution in [0.15, 0.2) is 52.5 Å². The van der Waals surface area contributed by atoms with E-state index in [1.807, 2.05) is 0 Å². The van der Waals surface area contributed by atoms with Gasteiger partial charge in [0.15, 0.2) is 0 Å². The summed E-state index contributed by atoms with van der Waals surface area (Å²) >= 11 is 1.30. The van der Waals surface area contributed by atoms with Gasteiger partial charge in [0, 0.05) is 23.4 Å². The number of nitrogens with zero attached hydrogens (tertiary/aromatic N) is 2. The van der Waals surface area contributed by atoms with Crippen LogP contribution < -0.4 is 0 Å². The molecule has 1 aromatic carbocycles. The molecule has 5 nitrogen and oxygen atoms in total. The molecule has 0 atom stereocenters. The molecule has 0 aliphatic rings. The van der Waals surface area contributed by atoms with Crippen LogP contribution in [0.4, 0.5) is 5.69 Å². The second-order valence-corrected chi connectivity index (χ2v) is 4.62. The van der Waals surface area contributed by atoms with Crippen LogP contribution in [-0.2, 0) is 6.61 Å². The van der Waals surface area contributed by atoms with Crippen molar-refractivity contribution in [2.24, 2.45) is 0 Å². The lowest BCUT2D eigenvalue weighted by Gasteiger charge is -2.04. The highest BCUT2D eigenvalue weighted by Gasteiger charge is 2.15. The number of hydrogen-bond donors (Lipinski definition) is 1. The summed E-state index contributed by atoms with van der Waals surface area (Å²) in [5, 5.41) is 20.0. The fourth-order valence-corrected chi connectivity index (χ4v) is 2.31. The lowest BCUT2D eigenvalue weighted by molar-refractivity contribution is -0.387. The first-order valence-electron chi connectivity index (χ1n) is 5.17. The van der Waals surface area contributed by atoms with Crippen LogP contribution in [0, 0.1) is 10.1 Å². The fraction of sp³-hybridized carbons (Fsp3) is 0.0833. The van der Waals surface area contributed by atoms with Crippen molar-refractivity contribution < 1.29 is 10.0 Å². The van der Waals surface area contributed by atoms with Gasteiger partial charge in [-0.15, -0.1) is 0 Å². The van der Waals surface area contributed by atoms with Gasteiger partial charge in [0.1, 0.15) is 0 Å². The van der Waals surface area contributed by atoms with E-state index in [0.717, 1.165) is 4.90 Å². The van der Waals surface area contributed by atoms with Crippen LogP contribution >= 0.6 is 11.8 Å². The van der Waals surface area contributed by atoms with E-state index in [1.54, 1.807) is 36.7 Å². The highest BCUT2D eigenvalue weighted by Crippen LogP contribution is 2.34. The minimum Gasteiger partial charge on any atom is -0.392 e. The number of aromatic nitrogens is 1. The second kappa shape index (κ2) is 5.61. The van der Waals surface area contributed by atoms with Gasteiger partial charge in [0.2, 0.25) is 0 Å². The number of aliphatic hydroxyl groups is 1. The summed E-state index contributed by atoms with van der Waals surface area (Å²) in [6.45, 7) is -0.207. The molecular weight excluding hydrogens is 252 g/mol. The predicted molar refractivity (Wildman–Crippen MR) is 67.4 cm³/mol. The van der Waals surface area contributed by atoms with Crippen LogP contribution in [0.2, 0.25) is 0 Å². The summed E-state index contributed by atoms with van der Waals surface area (Å²) in [6, 6.07) is 8.29. The molecule has 0 unspecified atom stereocenters. The molecule has 2 aromatic rings. The smallest absolute Gasteiger partial charge is 0.283 e. The normalized spacial score (nSPS) is 10.3. The van der Waals surface area contributed by atoms with Gasteiger partial charge in [-0.25, -0.2) is 0 Å². The monoisotopic (exact) mass is 262 g/mol. The molecule has 0 amide bonds. The summed E-state index contributed by atoms with van der Waals surface area (Å²) in [5.74, 6) is 0. The first-order chi connectivity index (χ1) is 8.70. The third kappa shape index (κ3) is 2.85. The molecule has 92 valence electrons. The van der Waals surface area contributed by atoms with Crippen LogP contribution in [0.25, 0.3) is 0 Å². The second-order valence-electron chi connectivity index (χ2n) is 3.50. The fourth-order valence-electron chi connectivity index (χ4n) is 1.42. The Morgan fingerprint density at radius 3 is 2.61 bits per heavy atom. The highest BCUT2D eigenvalue weighted by atomic mass is 32.2. The molecule has 1 heterocycles. The van der Waals surface area contributed by atoms with Gasteiger partial charge in [0.05, 0.1) is 16.4 Å². The molecule has 6 heteroatoms. The van der Waals surface area contributed by atoms with Crippen molar-refractivity contribution in [1.29, 1.82) is 0 Å². The van der Waals surface area contributed by atoms with Crippen molar-refractivity contribution in [2.75, 3.05) is 0 Å². The molecule has 0 aliphatic carbocycles. The number of aliphatic hydroxyl groups excluding tert-OH is 1. The molecule has 0 spiro atoms. The number of pyridine rings is 1. The van der Waals surface area contributed by atoms with Crippen molar-refractivity contribution in [3.63, 3.8) is 0 Å². The maximum Gasteiger partial charge on any atom is 0.283 e. The number of nitro groups is 1. The van der Waals surface area contributed by atoms with Crippen LogP contribution in [0.5, 0.6) is 0 Å². The number of benzene rings is 1. The number of nitro benzene ring substituents is 1. The molecule has 0 aliphatic heterocycles. The van der Waals surface area contributed by atoms with Crippen molar-refractivity contribution >= 4 is 17.4 Å². The van der Waals surface area contributed by atoms with Crippen molar-refractivity contribution in [1.82, 2.24) is 4.98 Å². The zero-order valence-electron chi connectivity index (χ0n) is 9.31. The summed E-state index contributed by atoms with van der Waals surface area (Å²) in [5.41, 5.74) is 0.532. The van der Waals surface area contributed by atoms with Gasteiger partial charge in [0.25, 0.3) is 5.69 Å². The molecule has 18 heavy (non-hydrogen) atoms. The first-order valence-corrected chi connectivity index (χ1v) is 5.98. The van der Waals surface area contributed by atoms with Crippen molar-refractivity contribution in [3.05, 3.63) is 58.4 Å². The summed E-state index contributed by atoms with van der Waals surface area (Å²) in [6.07, 6.45) is 3.27. The van der Waals surface area contributed by atoms with E-state index in [0.29, 0.717) is 10.5 Å². The minimum atomic E-state index is -0.442. The quantitative estimate of drug-likeness (QED) is 0.677. The maximum absolute atomic E-state index is 11.0. The molecular formula is C12H10N2O3S. The Balaban J connectivity index is 2.35. The van der Waals surface area contributed by atoms with E-state index < -0.39 is 4.92 Å². The Hall–Kier alpha value is -1.92. The first kappa shape index (κ1) is 12.5. The third-order valence-electron chi connectivity index (χ3n) is 2.28. The standard InChI is InChI=1S/C12H10N2O3S/c15-8-9-1-2-12(11(7-9)14(16)17)18-10-3-5-13-6-4-10/h1-7,15H,8H2. The zero-order valence-corrected chi connectivity index (χ0v) is 10.1. The van der Waals surface area contributed by atoms with Gasteiger partial charge in [-0.1, -0.05) is 17.8 Å². The molecule has 0 saturated carbocycles. The average Bonchev–Trinajstić information content (AvgIpc) is 2.40. The molecule has 0 saturated heterocycles. The Kier molecular flexibility index (Phi) is 3.91. The molecule has 0 bridgehead atoms. The number of rotatable bonds is 4. The van der Waals surface area contributed by atoms with E-state index >= 15 is 0 Å². The van der Waals surface area contributed by atoms with Crippen molar-refractivity contribution in [2.45, 2.75) is 16.4 Å². The largest absolute Gasteiger partial charge is 0.392 e. The summed E-state index contributed by atoms with van der Waals surface area (Å²) < 4.78 is 0. The van der Waals surface area contributed by atoms with E-state index in [-0.39, 0.29) is 12.3 Å².